The molecule has 22 heavy (non-hydrogen) atoms. The van der Waals surface area contributed by atoms with Crippen LogP contribution in [0.15, 0.2) is 18.3 Å². The highest BCUT2D eigenvalue weighted by atomic mass is 19.4. The number of carbonyl (C=O) groups excluding carboxylic acids is 1. The SMILES string of the molecule is COC(=O)CC1CN(c2ccc(OC(F)(F)F)cn2)CCO1. The van der Waals surface area contributed by atoms with E-state index in [0.717, 1.165) is 6.20 Å². The zero-order valence-corrected chi connectivity index (χ0v) is 11.8. The number of nitrogens with zero attached hydrogens (tertiary/aromatic N) is 2. The molecule has 1 saturated heterocycles. The van der Waals surface area contributed by atoms with E-state index < -0.39 is 6.36 Å². The Kier molecular flexibility index (Phi) is 5.07. The first-order valence-corrected chi connectivity index (χ1v) is 6.52. The van der Waals surface area contributed by atoms with E-state index in [0.29, 0.717) is 25.5 Å². The molecule has 0 aliphatic carbocycles. The van der Waals surface area contributed by atoms with Crippen LogP contribution in [-0.2, 0) is 14.3 Å². The molecule has 1 aliphatic heterocycles. The summed E-state index contributed by atoms with van der Waals surface area (Å²) in [7, 11) is 1.30. The average Bonchev–Trinajstić information content (AvgIpc) is 2.46. The van der Waals surface area contributed by atoms with Gasteiger partial charge in [-0.1, -0.05) is 0 Å². The summed E-state index contributed by atoms with van der Waals surface area (Å²) in [6, 6.07) is 2.63. The van der Waals surface area contributed by atoms with Crippen molar-refractivity contribution in [2.24, 2.45) is 0 Å². The number of hydrogen-bond acceptors (Lipinski definition) is 6. The van der Waals surface area contributed by atoms with Gasteiger partial charge in [-0.15, -0.1) is 13.2 Å². The van der Waals surface area contributed by atoms with Crippen molar-refractivity contribution in [3.8, 4) is 5.75 Å². The number of ether oxygens (including phenoxy) is 3. The van der Waals surface area contributed by atoms with Gasteiger partial charge in [-0.25, -0.2) is 4.98 Å². The first-order chi connectivity index (χ1) is 10.4. The predicted molar refractivity (Wildman–Crippen MR) is 69.5 cm³/mol. The van der Waals surface area contributed by atoms with Crippen LogP contribution in [0.5, 0.6) is 5.75 Å². The van der Waals surface area contributed by atoms with E-state index in [4.69, 9.17) is 4.74 Å². The smallest absolute Gasteiger partial charge is 0.469 e. The number of methoxy groups -OCH3 is 1. The zero-order valence-electron chi connectivity index (χ0n) is 11.8. The van der Waals surface area contributed by atoms with Crippen LogP contribution in [0.25, 0.3) is 0 Å². The molecule has 1 aliphatic rings. The molecule has 0 saturated carbocycles. The number of carbonyl (C=O) groups is 1. The van der Waals surface area contributed by atoms with E-state index in [1.54, 1.807) is 0 Å². The lowest BCUT2D eigenvalue weighted by Crippen LogP contribution is -2.43. The summed E-state index contributed by atoms with van der Waals surface area (Å²) in [5.74, 6) is -0.267. The van der Waals surface area contributed by atoms with Crippen LogP contribution in [0.4, 0.5) is 19.0 Å². The normalized spacial score (nSPS) is 18.9. The van der Waals surface area contributed by atoms with E-state index in [1.165, 1.54) is 19.2 Å². The molecule has 122 valence electrons. The van der Waals surface area contributed by atoms with Gasteiger partial charge < -0.3 is 19.1 Å². The van der Waals surface area contributed by atoms with Crippen molar-refractivity contribution in [1.29, 1.82) is 0 Å². The second-order valence-corrected chi connectivity index (χ2v) is 4.62. The van der Waals surface area contributed by atoms with E-state index in [9.17, 15) is 18.0 Å². The molecule has 2 heterocycles. The monoisotopic (exact) mass is 320 g/mol. The molecule has 0 aromatic carbocycles. The Labute approximate surface area is 124 Å². The predicted octanol–water partition coefficient (Wildman–Crippen LogP) is 1.75. The number of anilines is 1. The molecule has 0 bridgehead atoms. The fraction of sp³-hybridized carbons (Fsp3) is 0.538. The van der Waals surface area contributed by atoms with Crippen LogP contribution in [0, 0.1) is 0 Å². The third-order valence-electron chi connectivity index (χ3n) is 3.04. The van der Waals surface area contributed by atoms with Crippen LogP contribution in [0.3, 0.4) is 0 Å². The summed E-state index contributed by atoms with van der Waals surface area (Å²) in [6.45, 7) is 1.33. The second-order valence-electron chi connectivity index (χ2n) is 4.62. The number of halogens is 3. The standard InChI is InChI=1S/C13H15F3N2O4/c1-20-12(19)6-10-8-18(4-5-21-10)11-3-2-9(7-17-11)22-13(14,15)16/h2-3,7,10H,4-6,8H2,1H3. The zero-order chi connectivity index (χ0) is 16.2. The number of alkyl halides is 3. The Bertz CT molecular complexity index is 507. The fourth-order valence-electron chi connectivity index (χ4n) is 2.07. The van der Waals surface area contributed by atoms with Crippen molar-refractivity contribution in [3.63, 3.8) is 0 Å². The summed E-state index contributed by atoms with van der Waals surface area (Å²) >= 11 is 0. The van der Waals surface area contributed by atoms with Crippen LogP contribution in [0.1, 0.15) is 6.42 Å². The highest BCUT2D eigenvalue weighted by Gasteiger charge is 2.31. The minimum absolute atomic E-state index is 0.113. The molecule has 9 heteroatoms. The first-order valence-electron chi connectivity index (χ1n) is 6.52. The molecule has 0 radical (unpaired) electrons. The van der Waals surface area contributed by atoms with Crippen molar-refractivity contribution in [2.45, 2.75) is 18.9 Å². The third-order valence-corrected chi connectivity index (χ3v) is 3.04. The maximum absolute atomic E-state index is 12.1. The van der Waals surface area contributed by atoms with Gasteiger partial charge in [0.25, 0.3) is 0 Å². The molecule has 1 aromatic heterocycles. The molecular formula is C13H15F3N2O4. The van der Waals surface area contributed by atoms with Gasteiger partial charge in [0.1, 0.15) is 11.6 Å². The molecule has 0 spiro atoms. The van der Waals surface area contributed by atoms with Crippen molar-refractivity contribution in [2.75, 3.05) is 31.7 Å². The van der Waals surface area contributed by atoms with Gasteiger partial charge in [0.05, 0.1) is 32.4 Å². The summed E-state index contributed by atoms with van der Waals surface area (Å²) in [4.78, 5) is 17.0. The molecule has 0 amide bonds. The first kappa shape index (κ1) is 16.3. The Morgan fingerprint density at radius 3 is 2.86 bits per heavy atom. The number of rotatable bonds is 4. The van der Waals surface area contributed by atoms with Crippen LogP contribution < -0.4 is 9.64 Å². The maximum Gasteiger partial charge on any atom is 0.573 e. The van der Waals surface area contributed by atoms with Gasteiger partial charge in [0.2, 0.25) is 0 Å². The Morgan fingerprint density at radius 1 is 1.50 bits per heavy atom. The van der Waals surface area contributed by atoms with Gasteiger partial charge in [-0.05, 0) is 12.1 Å². The largest absolute Gasteiger partial charge is 0.573 e. The number of hydrogen-bond donors (Lipinski definition) is 0. The molecule has 1 fully saturated rings. The Morgan fingerprint density at radius 2 is 2.27 bits per heavy atom. The van der Waals surface area contributed by atoms with Gasteiger partial charge in [-0.2, -0.15) is 0 Å². The summed E-state index contributed by atoms with van der Waals surface area (Å²) in [5.41, 5.74) is 0. The average molecular weight is 320 g/mol. The van der Waals surface area contributed by atoms with Gasteiger partial charge in [0, 0.05) is 13.1 Å². The van der Waals surface area contributed by atoms with Gasteiger partial charge in [-0.3, -0.25) is 4.79 Å². The lowest BCUT2D eigenvalue weighted by atomic mass is 10.2. The minimum Gasteiger partial charge on any atom is -0.469 e. The number of esters is 1. The highest BCUT2D eigenvalue weighted by Crippen LogP contribution is 2.24. The van der Waals surface area contributed by atoms with Gasteiger partial charge in [0.15, 0.2) is 0 Å². The van der Waals surface area contributed by atoms with E-state index in [1.807, 2.05) is 4.90 Å². The number of morpholine rings is 1. The topological polar surface area (TPSA) is 60.9 Å². The Balaban J connectivity index is 1.97. The van der Waals surface area contributed by atoms with Crippen molar-refractivity contribution in [3.05, 3.63) is 18.3 Å². The maximum atomic E-state index is 12.1. The van der Waals surface area contributed by atoms with Crippen LogP contribution in [0.2, 0.25) is 0 Å². The van der Waals surface area contributed by atoms with Crippen molar-refractivity contribution < 1.29 is 32.2 Å². The van der Waals surface area contributed by atoms with Crippen LogP contribution in [-0.4, -0.2) is 50.2 Å². The molecule has 0 N–H and O–H groups in total. The minimum atomic E-state index is -4.74. The molecule has 1 unspecified atom stereocenters. The second kappa shape index (κ2) is 6.82. The summed E-state index contributed by atoms with van der Waals surface area (Å²) < 4.78 is 50.0. The van der Waals surface area contributed by atoms with Crippen molar-refractivity contribution >= 4 is 11.8 Å². The molecule has 6 nitrogen and oxygen atoms in total. The van der Waals surface area contributed by atoms with E-state index in [2.05, 4.69) is 14.5 Å². The lowest BCUT2D eigenvalue weighted by Gasteiger charge is -2.33. The molecule has 2 rings (SSSR count). The Hall–Kier alpha value is -2.03. The van der Waals surface area contributed by atoms with Crippen LogP contribution >= 0.6 is 0 Å². The van der Waals surface area contributed by atoms with Gasteiger partial charge >= 0.3 is 12.3 Å². The molecule has 1 aromatic rings. The number of aromatic nitrogens is 1. The number of pyridine rings is 1. The van der Waals surface area contributed by atoms with E-state index >= 15 is 0 Å². The quantitative estimate of drug-likeness (QED) is 0.788. The molecular weight excluding hydrogens is 305 g/mol. The fourth-order valence-corrected chi connectivity index (χ4v) is 2.07. The lowest BCUT2D eigenvalue weighted by molar-refractivity contribution is -0.274. The van der Waals surface area contributed by atoms with E-state index in [-0.39, 0.29) is 24.2 Å². The molecule has 1 atom stereocenters. The summed E-state index contributed by atoms with van der Waals surface area (Å²) in [5, 5.41) is 0. The van der Waals surface area contributed by atoms with Crippen molar-refractivity contribution in [1.82, 2.24) is 4.98 Å². The third kappa shape index (κ3) is 4.76. The highest BCUT2D eigenvalue weighted by molar-refractivity contribution is 5.69. The summed E-state index contributed by atoms with van der Waals surface area (Å²) in [6.07, 6.45) is -3.96.